The molecule has 2 aromatic carbocycles. The smallest absolute Gasteiger partial charge is 0.217 e. The van der Waals surface area contributed by atoms with Crippen molar-refractivity contribution in [2.24, 2.45) is 0 Å². The van der Waals surface area contributed by atoms with Crippen LogP contribution < -0.4 is 5.32 Å². The minimum atomic E-state index is -0.199. The van der Waals surface area contributed by atoms with Crippen LogP contribution in [0.5, 0.6) is 0 Å². The molecule has 0 radical (unpaired) electrons. The fourth-order valence-electron chi connectivity index (χ4n) is 3.56. The Kier molecular flexibility index (Phi) is 5.21. The second-order valence-corrected chi connectivity index (χ2v) is 7.15. The average molecular weight is 378 g/mol. The van der Waals surface area contributed by atoms with Crippen LogP contribution in [-0.2, 0) is 31.0 Å². The van der Waals surface area contributed by atoms with E-state index in [-0.39, 0.29) is 11.7 Å². The van der Waals surface area contributed by atoms with Gasteiger partial charge in [-0.15, -0.1) is 0 Å². The van der Waals surface area contributed by atoms with Crippen LogP contribution >= 0.6 is 0 Å². The first-order chi connectivity index (χ1) is 13.6. The molecule has 0 unspecified atom stereocenters. The van der Waals surface area contributed by atoms with Crippen molar-refractivity contribution >= 4 is 5.91 Å². The topological polar surface area (TPSA) is 50.2 Å². The summed E-state index contributed by atoms with van der Waals surface area (Å²) in [7, 11) is 0. The SMILES string of the molecule is CC(=O)NCc1cc2n(n1)CCN(Cc1ccc(-c3ccccc3F)cc1)C2. The quantitative estimate of drug-likeness (QED) is 0.741. The molecule has 1 amide bonds. The molecule has 3 aromatic rings. The summed E-state index contributed by atoms with van der Waals surface area (Å²) < 4.78 is 16.0. The van der Waals surface area contributed by atoms with Gasteiger partial charge in [0, 0.05) is 32.1 Å². The second-order valence-electron chi connectivity index (χ2n) is 7.15. The summed E-state index contributed by atoms with van der Waals surface area (Å²) in [6.07, 6.45) is 0. The van der Waals surface area contributed by atoms with Crippen molar-refractivity contribution in [2.45, 2.75) is 33.1 Å². The lowest BCUT2D eigenvalue weighted by Gasteiger charge is -2.27. The largest absolute Gasteiger partial charge is 0.351 e. The Balaban J connectivity index is 1.40. The standard InChI is InChI=1S/C22H23FN4O/c1-16(28)24-13-19-12-20-15-26(10-11-27(20)25-19)14-17-6-8-18(9-7-17)21-4-2-3-5-22(21)23/h2-9,12H,10-11,13-15H2,1H3,(H,24,28). The monoisotopic (exact) mass is 378 g/mol. The number of rotatable bonds is 5. The highest BCUT2D eigenvalue weighted by atomic mass is 19.1. The number of nitrogens with one attached hydrogen (secondary N) is 1. The number of nitrogens with zero attached hydrogens (tertiary/aromatic N) is 3. The molecule has 28 heavy (non-hydrogen) atoms. The molecule has 1 aliphatic rings. The Morgan fingerprint density at radius 3 is 2.68 bits per heavy atom. The highest BCUT2D eigenvalue weighted by Gasteiger charge is 2.18. The lowest BCUT2D eigenvalue weighted by molar-refractivity contribution is -0.119. The predicted octanol–water partition coefficient (Wildman–Crippen LogP) is 3.34. The predicted molar refractivity (Wildman–Crippen MR) is 106 cm³/mol. The normalized spacial score (nSPS) is 13.9. The molecule has 5 nitrogen and oxygen atoms in total. The number of carbonyl (C=O) groups is 1. The fraction of sp³-hybridized carbons (Fsp3) is 0.273. The van der Waals surface area contributed by atoms with Crippen molar-refractivity contribution in [3.63, 3.8) is 0 Å². The summed E-state index contributed by atoms with van der Waals surface area (Å²) >= 11 is 0. The zero-order chi connectivity index (χ0) is 19.5. The van der Waals surface area contributed by atoms with Gasteiger partial charge in [-0.1, -0.05) is 42.5 Å². The van der Waals surface area contributed by atoms with Crippen LogP contribution in [0, 0.1) is 5.82 Å². The number of hydrogen-bond donors (Lipinski definition) is 1. The number of carbonyl (C=O) groups excluding carboxylic acids is 1. The molecule has 0 spiro atoms. The number of amides is 1. The minimum absolute atomic E-state index is 0.0496. The second kappa shape index (κ2) is 7.94. The van der Waals surface area contributed by atoms with Crippen LogP contribution in [0.2, 0.25) is 0 Å². The summed E-state index contributed by atoms with van der Waals surface area (Å²) in [4.78, 5) is 13.4. The maximum Gasteiger partial charge on any atom is 0.217 e. The Hall–Kier alpha value is -2.99. The Bertz CT molecular complexity index is 980. The lowest BCUT2D eigenvalue weighted by atomic mass is 10.0. The summed E-state index contributed by atoms with van der Waals surface area (Å²) in [5, 5.41) is 7.35. The van der Waals surface area contributed by atoms with Crippen molar-refractivity contribution < 1.29 is 9.18 Å². The van der Waals surface area contributed by atoms with Gasteiger partial charge in [0.15, 0.2) is 0 Å². The van der Waals surface area contributed by atoms with E-state index in [9.17, 15) is 9.18 Å². The molecule has 6 heteroatoms. The van der Waals surface area contributed by atoms with Crippen LogP contribution in [-0.4, -0.2) is 27.1 Å². The molecule has 0 saturated heterocycles. The van der Waals surface area contributed by atoms with E-state index in [0.29, 0.717) is 12.1 Å². The summed E-state index contributed by atoms with van der Waals surface area (Å²) in [5.41, 5.74) is 4.77. The molecule has 0 atom stereocenters. The molecule has 4 rings (SSSR count). The number of hydrogen-bond acceptors (Lipinski definition) is 3. The Labute approximate surface area is 163 Å². The number of halogens is 1. The Morgan fingerprint density at radius 2 is 1.93 bits per heavy atom. The lowest BCUT2D eigenvalue weighted by Crippen LogP contribution is -2.33. The highest BCUT2D eigenvalue weighted by Crippen LogP contribution is 2.24. The van der Waals surface area contributed by atoms with Crippen molar-refractivity contribution in [3.8, 4) is 11.1 Å². The van der Waals surface area contributed by atoms with Gasteiger partial charge in [0.1, 0.15) is 5.82 Å². The molecule has 0 aliphatic carbocycles. The highest BCUT2D eigenvalue weighted by molar-refractivity contribution is 5.72. The number of aromatic nitrogens is 2. The minimum Gasteiger partial charge on any atom is -0.351 e. The molecule has 1 N–H and O–H groups in total. The van der Waals surface area contributed by atoms with E-state index in [1.165, 1.54) is 18.6 Å². The molecule has 1 aromatic heterocycles. The van der Waals surface area contributed by atoms with Gasteiger partial charge in [0.2, 0.25) is 5.91 Å². The molecular weight excluding hydrogens is 355 g/mol. The van der Waals surface area contributed by atoms with Gasteiger partial charge in [0.25, 0.3) is 0 Å². The van der Waals surface area contributed by atoms with Gasteiger partial charge < -0.3 is 5.32 Å². The molecular formula is C22H23FN4O. The summed E-state index contributed by atoms with van der Waals surface area (Å²) in [6.45, 7) is 5.39. The molecule has 2 heterocycles. The van der Waals surface area contributed by atoms with E-state index in [1.54, 1.807) is 12.1 Å². The molecule has 1 aliphatic heterocycles. The molecule has 0 bridgehead atoms. The van der Waals surface area contributed by atoms with Crippen molar-refractivity contribution in [3.05, 3.63) is 77.4 Å². The van der Waals surface area contributed by atoms with E-state index < -0.39 is 0 Å². The third-order valence-electron chi connectivity index (χ3n) is 4.99. The number of benzene rings is 2. The zero-order valence-corrected chi connectivity index (χ0v) is 15.9. The van der Waals surface area contributed by atoms with E-state index in [0.717, 1.165) is 43.1 Å². The van der Waals surface area contributed by atoms with Crippen LogP contribution in [0.4, 0.5) is 4.39 Å². The molecule has 0 saturated carbocycles. The van der Waals surface area contributed by atoms with E-state index in [1.807, 2.05) is 22.9 Å². The first-order valence-electron chi connectivity index (χ1n) is 9.45. The maximum absolute atomic E-state index is 14.0. The van der Waals surface area contributed by atoms with E-state index in [4.69, 9.17) is 0 Å². The zero-order valence-electron chi connectivity index (χ0n) is 15.9. The van der Waals surface area contributed by atoms with E-state index >= 15 is 0 Å². The summed E-state index contributed by atoms with van der Waals surface area (Å²) in [6, 6.07) is 17.0. The third-order valence-corrected chi connectivity index (χ3v) is 4.99. The molecule has 0 fully saturated rings. The van der Waals surface area contributed by atoms with Crippen molar-refractivity contribution in [1.29, 1.82) is 0 Å². The van der Waals surface area contributed by atoms with Crippen LogP contribution in [0.15, 0.2) is 54.6 Å². The first kappa shape index (κ1) is 18.4. The third kappa shape index (κ3) is 4.12. The first-order valence-corrected chi connectivity index (χ1v) is 9.45. The number of fused-ring (bicyclic) bond motifs is 1. The molecule has 144 valence electrons. The van der Waals surface area contributed by atoms with Gasteiger partial charge in [-0.3, -0.25) is 14.4 Å². The maximum atomic E-state index is 14.0. The van der Waals surface area contributed by atoms with Crippen LogP contribution in [0.1, 0.15) is 23.9 Å². The van der Waals surface area contributed by atoms with Crippen LogP contribution in [0.3, 0.4) is 0 Å². The Morgan fingerprint density at radius 1 is 1.14 bits per heavy atom. The van der Waals surface area contributed by atoms with Gasteiger partial charge in [-0.2, -0.15) is 5.10 Å². The summed E-state index contributed by atoms with van der Waals surface area (Å²) in [5.74, 6) is -0.249. The van der Waals surface area contributed by atoms with Gasteiger partial charge in [-0.25, -0.2) is 4.39 Å². The van der Waals surface area contributed by atoms with E-state index in [2.05, 4.69) is 33.5 Å². The van der Waals surface area contributed by atoms with Crippen molar-refractivity contribution in [1.82, 2.24) is 20.0 Å². The van der Waals surface area contributed by atoms with Gasteiger partial charge in [0.05, 0.1) is 24.5 Å². The fourth-order valence-corrected chi connectivity index (χ4v) is 3.56. The van der Waals surface area contributed by atoms with Gasteiger partial charge in [-0.05, 0) is 23.3 Å². The van der Waals surface area contributed by atoms with Gasteiger partial charge >= 0.3 is 0 Å². The van der Waals surface area contributed by atoms with Crippen molar-refractivity contribution in [2.75, 3.05) is 6.54 Å². The van der Waals surface area contributed by atoms with Crippen LogP contribution in [0.25, 0.3) is 11.1 Å². The average Bonchev–Trinajstić information content (AvgIpc) is 3.10.